The molecule has 0 saturated heterocycles. The number of halogens is 4. The van der Waals surface area contributed by atoms with Crippen molar-refractivity contribution >= 4 is 5.91 Å². The Labute approximate surface area is 189 Å². The van der Waals surface area contributed by atoms with Crippen molar-refractivity contribution in [2.75, 3.05) is 0 Å². The number of rotatable bonds is 9. The van der Waals surface area contributed by atoms with Crippen LogP contribution in [0.25, 0.3) is 0 Å². The van der Waals surface area contributed by atoms with Crippen LogP contribution in [0.4, 0.5) is 17.6 Å². The summed E-state index contributed by atoms with van der Waals surface area (Å²) in [4.78, 5) is 17.4. The van der Waals surface area contributed by atoms with E-state index in [9.17, 15) is 27.6 Å². The van der Waals surface area contributed by atoms with Crippen LogP contribution in [0.3, 0.4) is 0 Å². The summed E-state index contributed by atoms with van der Waals surface area (Å²) in [5.74, 6) is -1.54. The zero-order chi connectivity index (χ0) is 23.7. The van der Waals surface area contributed by atoms with Gasteiger partial charge in [0.1, 0.15) is 22.9 Å². The lowest BCUT2D eigenvalue weighted by molar-refractivity contribution is -0.162. The van der Waals surface area contributed by atoms with E-state index < -0.39 is 35.0 Å². The second kappa shape index (κ2) is 8.75. The van der Waals surface area contributed by atoms with E-state index in [2.05, 4.69) is 21.7 Å². The second-order valence-electron chi connectivity index (χ2n) is 8.90. The molecule has 2 unspecified atom stereocenters. The van der Waals surface area contributed by atoms with Crippen molar-refractivity contribution in [1.29, 1.82) is 5.26 Å². The molecule has 2 aliphatic carbocycles. The molecule has 0 spiro atoms. The van der Waals surface area contributed by atoms with Gasteiger partial charge in [0, 0.05) is 11.9 Å². The molecule has 3 atom stereocenters. The van der Waals surface area contributed by atoms with E-state index in [1.54, 1.807) is 12.3 Å². The molecule has 0 aliphatic heterocycles. The highest BCUT2D eigenvalue weighted by atomic mass is 19.4. The lowest BCUT2D eigenvalue weighted by atomic mass is 10.0. The third-order valence-corrected chi connectivity index (χ3v) is 6.47. The first-order valence-corrected chi connectivity index (χ1v) is 10.9. The van der Waals surface area contributed by atoms with Crippen LogP contribution >= 0.6 is 0 Å². The summed E-state index contributed by atoms with van der Waals surface area (Å²) < 4.78 is 55.3. The first-order valence-electron chi connectivity index (χ1n) is 10.9. The summed E-state index contributed by atoms with van der Waals surface area (Å²) in [7, 11) is 0. The van der Waals surface area contributed by atoms with E-state index in [1.165, 1.54) is 0 Å². The van der Waals surface area contributed by atoms with Crippen LogP contribution in [0.2, 0.25) is 0 Å². The number of carbonyl (C=O) groups is 1. The minimum Gasteiger partial charge on any atom is -0.336 e. The number of benzene rings is 1. The van der Waals surface area contributed by atoms with Crippen molar-refractivity contribution in [3.63, 3.8) is 0 Å². The Bertz CT molecular complexity index is 1030. The molecule has 1 heterocycles. The monoisotopic (exact) mass is 460 g/mol. The molecule has 2 N–H and O–H groups in total. The van der Waals surface area contributed by atoms with Crippen molar-refractivity contribution in [1.82, 2.24) is 15.6 Å². The fourth-order valence-corrected chi connectivity index (χ4v) is 4.26. The maximum atomic E-state index is 14.0. The van der Waals surface area contributed by atoms with E-state index in [4.69, 9.17) is 0 Å². The quantitative estimate of drug-likeness (QED) is 0.545. The Kier molecular flexibility index (Phi) is 6.14. The van der Waals surface area contributed by atoms with Crippen LogP contribution in [0.15, 0.2) is 48.7 Å². The van der Waals surface area contributed by atoms with Gasteiger partial charge in [-0.05, 0) is 74.3 Å². The minimum atomic E-state index is -4.70. The van der Waals surface area contributed by atoms with Gasteiger partial charge < -0.3 is 5.32 Å². The van der Waals surface area contributed by atoms with Crippen LogP contribution in [0.5, 0.6) is 0 Å². The van der Waals surface area contributed by atoms with Crippen molar-refractivity contribution in [3.8, 4) is 6.07 Å². The highest BCUT2D eigenvalue weighted by Crippen LogP contribution is 2.51. The van der Waals surface area contributed by atoms with Gasteiger partial charge in [-0.2, -0.15) is 18.4 Å². The zero-order valence-corrected chi connectivity index (χ0v) is 17.8. The number of nitrogens with one attached hydrogen (secondary N) is 2. The Morgan fingerprint density at radius 3 is 2.52 bits per heavy atom. The molecule has 0 radical (unpaired) electrons. The van der Waals surface area contributed by atoms with Crippen molar-refractivity contribution in [3.05, 3.63) is 65.7 Å². The van der Waals surface area contributed by atoms with Gasteiger partial charge in [-0.25, -0.2) is 4.39 Å². The highest BCUT2D eigenvalue weighted by molar-refractivity contribution is 5.91. The van der Waals surface area contributed by atoms with Gasteiger partial charge in [-0.3, -0.25) is 15.1 Å². The molecule has 33 heavy (non-hydrogen) atoms. The third-order valence-electron chi connectivity index (χ3n) is 6.47. The largest absolute Gasteiger partial charge is 0.407 e. The Morgan fingerprint density at radius 1 is 1.21 bits per heavy atom. The maximum Gasteiger partial charge on any atom is 0.407 e. The van der Waals surface area contributed by atoms with Crippen LogP contribution < -0.4 is 10.6 Å². The number of pyridine rings is 1. The minimum absolute atomic E-state index is 0.170. The topological polar surface area (TPSA) is 77.8 Å². The molecule has 174 valence electrons. The average molecular weight is 460 g/mol. The highest BCUT2D eigenvalue weighted by Gasteiger charge is 2.64. The van der Waals surface area contributed by atoms with Crippen LogP contribution in [0.1, 0.15) is 49.4 Å². The molecule has 0 bridgehead atoms. The normalized spacial score (nSPS) is 23.9. The van der Waals surface area contributed by atoms with Gasteiger partial charge >= 0.3 is 6.18 Å². The molecule has 1 amide bonds. The van der Waals surface area contributed by atoms with Crippen LogP contribution in [0, 0.1) is 23.1 Å². The van der Waals surface area contributed by atoms with Crippen LogP contribution in [-0.2, 0) is 11.2 Å². The Hall–Kier alpha value is -2.99. The summed E-state index contributed by atoms with van der Waals surface area (Å²) in [5, 5.41) is 14.6. The number of carbonyl (C=O) groups excluding carboxylic acids is 1. The molecule has 5 nitrogen and oxygen atoms in total. The third kappa shape index (κ3) is 5.17. The standard InChI is InChI=1S/C24H24F4N4O/c25-18-9-7-16(8-10-18)20(24(26,27)28)31-23(21(33)32-22(15-29)11-12-22)14-17(23)4-3-6-19-5-1-2-13-30-19/h1-2,5,7-10,13,17,20,31H,3-4,6,11-12,14H2,(H,32,33)/t17?,20-,23?/m0/s1. The predicted octanol–water partition coefficient (Wildman–Crippen LogP) is 4.37. The molecule has 2 saturated carbocycles. The van der Waals surface area contributed by atoms with E-state index in [0.717, 1.165) is 30.0 Å². The lowest BCUT2D eigenvalue weighted by Gasteiger charge is -2.29. The number of hydrogen-bond acceptors (Lipinski definition) is 4. The summed E-state index contributed by atoms with van der Waals surface area (Å²) in [5.41, 5.74) is -1.72. The first-order chi connectivity index (χ1) is 15.7. The number of hydrogen-bond donors (Lipinski definition) is 2. The summed E-state index contributed by atoms with van der Waals surface area (Å²) >= 11 is 0. The van der Waals surface area contributed by atoms with Crippen molar-refractivity contribution in [2.24, 2.45) is 5.92 Å². The van der Waals surface area contributed by atoms with E-state index >= 15 is 0 Å². The molecule has 1 aromatic carbocycles. The van der Waals surface area contributed by atoms with Gasteiger partial charge in [-0.1, -0.05) is 18.2 Å². The molecule has 2 aromatic rings. The molecule has 1 aromatic heterocycles. The molecule has 2 fully saturated rings. The maximum absolute atomic E-state index is 14.0. The van der Waals surface area contributed by atoms with Crippen LogP contribution in [-0.4, -0.2) is 28.1 Å². The Balaban J connectivity index is 1.53. The summed E-state index contributed by atoms with van der Waals surface area (Å²) in [6, 6.07) is 9.54. The second-order valence-corrected chi connectivity index (χ2v) is 8.90. The summed E-state index contributed by atoms with van der Waals surface area (Å²) in [6.45, 7) is 0. The fourth-order valence-electron chi connectivity index (χ4n) is 4.26. The number of amides is 1. The smallest absolute Gasteiger partial charge is 0.336 e. The lowest BCUT2D eigenvalue weighted by Crippen LogP contribution is -2.54. The van der Waals surface area contributed by atoms with Crippen molar-refractivity contribution < 1.29 is 22.4 Å². The van der Waals surface area contributed by atoms with Gasteiger partial charge in [-0.15, -0.1) is 0 Å². The number of alkyl halides is 3. The van der Waals surface area contributed by atoms with E-state index in [0.29, 0.717) is 32.1 Å². The molecule has 9 heteroatoms. The van der Waals surface area contributed by atoms with E-state index in [-0.39, 0.29) is 17.9 Å². The van der Waals surface area contributed by atoms with Gasteiger partial charge in [0.2, 0.25) is 5.91 Å². The van der Waals surface area contributed by atoms with Gasteiger partial charge in [0.15, 0.2) is 0 Å². The molecular weight excluding hydrogens is 436 g/mol. The predicted molar refractivity (Wildman–Crippen MR) is 112 cm³/mol. The number of nitrogens with zero attached hydrogens (tertiary/aromatic N) is 2. The molecule has 2 aliphatic rings. The van der Waals surface area contributed by atoms with Gasteiger partial charge in [0.25, 0.3) is 0 Å². The summed E-state index contributed by atoms with van der Waals surface area (Å²) in [6.07, 6.45) is 0.0262. The van der Waals surface area contributed by atoms with E-state index in [1.807, 2.05) is 12.1 Å². The number of aromatic nitrogens is 1. The van der Waals surface area contributed by atoms with Crippen molar-refractivity contribution in [2.45, 2.75) is 61.8 Å². The Morgan fingerprint density at radius 2 is 1.94 bits per heavy atom. The average Bonchev–Trinajstić information content (AvgIpc) is 3.70. The van der Waals surface area contributed by atoms with Gasteiger partial charge in [0.05, 0.1) is 6.07 Å². The first kappa shape index (κ1) is 23.2. The SMILES string of the molecule is N#CC1(NC(=O)C2(N[C@@H](c3ccc(F)cc3)C(F)(F)F)CC2CCCc2ccccn2)CC1. The number of nitriles is 1. The molecular formula is C24H24F4N4O. The fraction of sp³-hybridized carbons (Fsp3) is 0.458. The zero-order valence-electron chi connectivity index (χ0n) is 17.8. The molecule has 4 rings (SSSR count). The number of aryl methyl sites for hydroxylation is 1.